The Balaban J connectivity index is 1.56. The van der Waals surface area contributed by atoms with Gasteiger partial charge < -0.3 is 14.4 Å². The Kier molecular flexibility index (Phi) is 3.78. The molecule has 0 atom stereocenters. The van der Waals surface area contributed by atoms with Crippen LogP contribution in [-0.2, 0) is 0 Å². The molecule has 28 heavy (non-hydrogen) atoms. The average molecular weight is 377 g/mol. The number of carbonyl (C=O) groups excluding carboxylic acids is 1. The van der Waals surface area contributed by atoms with Crippen LogP contribution < -0.4 is 9.47 Å². The van der Waals surface area contributed by atoms with Crippen molar-refractivity contribution in [1.29, 1.82) is 0 Å². The molecule has 0 unspecified atom stereocenters. The fourth-order valence-corrected chi connectivity index (χ4v) is 3.34. The second-order valence-electron chi connectivity index (χ2n) is 7.14. The summed E-state index contributed by atoms with van der Waals surface area (Å²) in [5, 5.41) is 4.44. The maximum Gasteiger partial charge on any atom is 0.256 e. The summed E-state index contributed by atoms with van der Waals surface area (Å²) in [5.41, 5.74) is 3.16. The van der Waals surface area contributed by atoms with Crippen LogP contribution >= 0.6 is 0 Å². The zero-order valence-corrected chi connectivity index (χ0v) is 15.6. The van der Waals surface area contributed by atoms with Crippen molar-refractivity contribution in [3.8, 4) is 28.7 Å². The molecule has 5 rings (SSSR count). The summed E-state index contributed by atoms with van der Waals surface area (Å²) in [7, 11) is 3.49. The van der Waals surface area contributed by atoms with Crippen molar-refractivity contribution in [2.24, 2.45) is 0 Å². The minimum Gasteiger partial charge on any atom is -0.454 e. The van der Waals surface area contributed by atoms with Gasteiger partial charge in [0.25, 0.3) is 11.9 Å². The molecule has 0 saturated heterocycles. The van der Waals surface area contributed by atoms with Gasteiger partial charge >= 0.3 is 0 Å². The van der Waals surface area contributed by atoms with Crippen molar-refractivity contribution in [2.75, 3.05) is 20.9 Å². The molecule has 3 aromatic rings. The van der Waals surface area contributed by atoms with Crippen LogP contribution in [-0.4, -0.2) is 51.4 Å². The molecular formula is C20H19N5O3. The third-order valence-electron chi connectivity index (χ3n) is 4.91. The SMILES string of the molecule is CN(C)C(=O)c1cnn(-c2nccc(-c3ccc4c(c3)OCO4)n2)c1C1CC1. The molecule has 2 aliphatic rings. The van der Waals surface area contributed by atoms with Gasteiger partial charge in [-0.1, -0.05) is 0 Å². The minimum absolute atomic E-state index is 0.0555. The number of fused-ring (bicyclic) bond motifs is 1. The van der Waals surface area contributed by atoms with E-state index >= 15 is 0 Å². The Bertz CT molecular complexity index is 1070. The van der Waals surface area contributed by atoms with E-state index in [2.05, 4.69) is 10.1 Å². The topological polar surface area (TPSA) is 82.4 Å². The summed E-state index contributed by atoms with van der Waals surface area (Å²) in [6.45, 7) is 0.231. The summed E-state index contributed by atoms with van der Waals surface area (Å²) in [5.74, 6) is 2.15. The normalized spacial score (nSPS) is 14.9. The molecule has 0 bridgehead atoms. The van der Waals surface area contributed by atoms with E-state index in [0.717, 1.165) is 35.5 Å². The van der Waals surface area contributed by atoms with Gasteiger partial charge in [-0.05, 0) is 37.1 Å². The van der Waals surface area contributed by atoms with Crippen LogP contribution in [0.15, 0.2) is 36.7 Å². The summed E-state index contributed by atoms with van der Waals surface area (Å²) < 4.78 is 12.5. The van der Waals surface area contributed by atoms with E-state index in [1.807, 2.05) is 24.3 Å². The Morgan fingerprint density at radius 3 is 2.79 bits per heavy atom. The third kappa shape index (κ3) is 2.77. The molecule has 0 N–H and O–H groups in total. The number of rotatable bonds is 4. The molecule has 1 saturated carbocycles. The molecule has 142 valence electrons. The van der Waals surface area contributed by atoms with E-state index in [9.17, 15) is 4.79 Å². The third-order valence-corrected chi connectivity index (χ3v) is 4.91. The van der Waals surface area contributed by atoms with Crippen molar-refractivity contribution in [2.45, 2.75) is 18.8 Å². The largest absolute Gasteiger partial charge is 0.454 e. The van der Waals surface area contributed by atoms with Crippen LogP contribution in [0, 0.1) is 0 Å². The van der Waals surface area contributed by atoms with Crippen molar-refractivity contribution in [1.82, 2.24) is 24.6 Å². The first-order chi connectivity index (χ1) is 13.6. The van der Waals surface area contributed by atoms with E-state index in [-0.39, 0.29) is 12.7 Å². The summed E-state index contributed by atoms with van der Waals surface area (Å²) in [6.07, 6.45) is 5.41. The monoisotopic (exact) mass is 377 g/mol. The van der Waals surface area contributed by atoms with Crippen LogP contribution in [0.4, 0.5) is 0 Å². The van der Waals surface area contributed by atoms with Gasteiger partial charge in [-0.25, -0.2) is 14.6 Å². The van der Waals surface area contributed by atoms with Gasteiger partial charge in [0.05, 0.1) is 23.1 Å². The summed E-state index contributed by atoms with van der Waals surface area (Å²) >= 11 is 0. The predicted octanol–water partition coefficient (Wildman–Crippen LogP) is 2.64. The molecule has 0 radical (unpaired) electrons. The molecule has 8 nitrogen and oxygen atoms in total. The van der Waals surface area contributed by atoms with Crippen molar-refractivity contribution in [3.63, 3.8) is 0 Å². The molecule has 0 spiro atoms. The van der Waals surface area contributed by atoms with Gasteiger partial charge in [0, 0.05) is 31.8 Å². The number of hydrogen-bond acceptors (Lipinski definition) is 6. The molecule has 8 heteroatoms. The van der Waals surface area contributed by atoms with Gasteiger partial charge in [-0.2, -0.15) is 5.10 Å². The number of benzene rings is 1. The minimum atomic E-state index is -0.0555. The number of nitrogens with zero attached hydrogens (tertiary/aromatic N) is 5. The highest BCUT2D eigenvalue weighted by molar-refractivity contribution is 5.95. The van der Waals surface area contributed by atoms with E-state index in [0.29, 0.717) is 23.2 Å². The number of amides is 1. The number of carbonyl (C=O) groups is 1. The van der Waals surface area contributed by atoms with Gasteiger partial charge in [0.1, 0.15) is 0 Å². The zero-order chi connectivity index (χ0) is 19.3. The van der Waals surface area contributed by atoms with Crippen LogP contribution in [0.3, 0.4) is 0 Å². The molecule has 1 aliphatic heterocycles. The van der Waals surface area contributed by atoms with Gasteiger partial charge in [0.15, 0.2) is 11.5 Å². The summed E-state index contributed by atoms with van der Waals surface area (Å²) in [4.78, 5) is 23.2. The quantitative estimate of drug-likeness (QED) is 0.695. The van der Waals surface area contributed by atoms with E-state index in [4.69, 9.17) is 14.5 Å². The molecular weight excluding hydrogens is 358 g/mol. The number of hydrogen-bond donors (Lipinski definition) is 0. The lowest BCUT2D eigenvalue weighted by atomic mass is 10.1. The van der Waals surface area contributed by atoms with E-state index in [1.165, 1.54) is 0 Å². The van der Waals surface area contributed by atoms with Gasteiger partial charge in [0.2, 0.25) is 6.79 Å². The molecule has 2 aromatic heterocycles. The van der Waals surface area contributed by atoms with Gasteiger partial charge in [-0.3, -0.25) is 4.79 Å². The first-order valence-corrected chi connectivity index (χ1v) is 9.15. The lowest BCUT2D eigenvalue weighted by molar-refractivity contribution is 0.0826. The fourth-order valence-electron chi connectivity index (χ4n) is 3.34. The molecule has 1 aromatic carbocycles. The first-order valence-electron chi connectivity index (χ1n) is 9.15. The van der Waals surface area contributed by atoms with Crippen molar-refractivity contribution in [3.05, 3.63) is 47.9 Å². The lowest BCUT2D eigenvalue weighted by Gasteiger charge is -2.12. The smallest absolute Gasteiger partial charge is 0.256 e. The van der Waals surface area contributed by atoms with Crippen LogP contribution in [0.1, 0.15) is 34.8 Å². The Labute approximate surface area is 161 Å². The standard InChI is InChI=1S/C20H19N5O3/c1-24(2)19(26)14-10-22-25(18(14)12-3-4-12)20-21-8-7-15(23-20)13-5-6-16-17(9-13)28-11-27-16/h5-10,12H,3-4,11H2,1-2H3. The summed E-state index contributed by atoms with van der Waals surface area (Å²) in [6, 6.07) is 7.55. The zero-order valence-electron chi connectivity index (χ0n) is 15.6. The second-order valence-corrected chi connectivity index (χ2v) is 7.14. The molecule has 1 fully saturated rings. The van der Waals surface area contributed by atoms with E-state index in [1.54, 1.807) is 36.1 Å². The Morgan fingerprint density at radius 1 is 1.18 bits per heavy atom. The Hall–Kier alpha value is -3.42. The van der Waals surface area contributed by atoms with E-state index < -0.39 is 0 Å². The predicted molar refractivity (Wildman–Crippen MR) is 101 cm³/mol. The highest BCUT2D eigenvalue weighted by atomic mass is 16.7. The maximum absolute atomic E-state index is 12.5. The van der Waals surface area contributed by atoms with Crippen LogP contribution in [0.2, 0.25) is 0 Å². The Morgan fingerprint density at radius 2 is 2.00 bits per heavy atom. The highest BCUT2D eigenvalue weighted by Gasteiger charge is 2.34. The molecule has 1 aliphatic carbocycles. The van der Waals surface area contributed by atoms with Crippen LogP contribution in [0.25, 0.3) is 17.2 Å². The maximum atomic E-state index is 12.5. The number of ether oxygens (including phenoxy) is 2. The first kappa shape index (κ1) is 16.7. The van der Waals surface area contributed by atoms with Crippen LogP contribution in [0.5, 0.6) is 11.5 Å². The molecule has 3 heterocycles. The van der Waals surface area contributed by atoms with Crippen molar-refractivity contribution < 1.29 is 14.3 Å². The second kappa shape index (κ2) is 6.33. The molecule has 1 amide bonds. The van der Waals surface area contributed by atoms with Crippen molar-refractivity contribution >= 4 is 5.91 Å². The fraction of sp³-hybridized carbons (Fsp3) is 0.300. The number of aromatic nitrogens is 4. The highest BCUT2D eigenvalue weighted by Crippen LogP contribution is 2.42. The average Bonchev–Trinajstić information content (AvgIpc) is 3.27. The van der Waals surface area contributed by atoms with Gasteiger partial charge in [-0.15, -0.1) is 0 Å². The lowest BCUT2D eigenvalue weighted by Crippen LogP contribution is -2.22.